The largest absolute Gasteiger partial charge is 0.479 e. The number of nitrogens with zero attached hydrogens (tertiary/aromatic N) is 2. The molecule has 1 atom stereocenters. The molecule has 1 aromatic heterocycles. The van der Waals surface area contributed by atoms with E-state index in [1.165, 1.54) is 0 Å². The van der Waals surface area contributed by atoms with Crippen LogP contribution in [0.5, 0.6) is 0 Å². The van der Waals surface area contributed by atoms with Crippen molar-refractivity contribution in [1.29, 1.82) is 0 Å². The topological polar surface area (TPSA) is 73.7 Å². The minimum absolute atomic E-state index is 0.259. The number of carboxylic acids is 1. The fourth-order valence-corrected chi connectivity index (χ4v) is 2.44. The summed E-state index contributed by atoms with van der Waals surface area (Å²) in [6, 6.07) is 1.15. The molecule has 0 fully saturated rings. The molecule has 0 saturated carbocycles. The number of allylic oxidation sites excluding steroid dienone is 2. The number of aliphatic hydroxyl groups excluding tert-OH is 1. The van der Waals surface area contributed by atoms with Crippen LogP contribution in [0.2, 0.25) is 0 Å². The first kappa shape index (κ1) is 14.3. The molecular formula is C15H18N2O3. The molecule has 5 nitrogen and oxygen atoms in total. The summed E-state index contributed by atoms with van der Waals surface area (Å²) < 4.78 is 0. The Labute approximate surface area is 117 Å². The molecular weight excluding hydrogens is 256 g/mol. The predicted molar refractivity (Wildman–Crippen MR) is 74.9 cm³/mol. The van der Waals surface area contributed by atoms with Crippen LogP contribution in [0.4, 0.5) is 0 Å². The Morgan fingerprint density at radius 1 is 1.40 bits per heavy atom. The highest BCUT2D eigenvalue weighted by Gasteiger charge is 2.29. The molecule has 0 radical (unpaired) electrons. The molecule has 106 valence electrons. The summed E-state index contributed by atoms with van der Waals surface area (Å²) in [5.74, 6) is -0.963. The van der Waals surface area contributed by atoms with Gasteiger partial charge in [-0.05, 0) is 36.1 Å². The van der Waals surface area contributed by atoms with Crippen molar-refractivity contribution in [3.8, 4) is 0 Å². The van der Waals surface area contributed by atoms with Gasteiger partial charge in [0.1, 0.15) is 0 Å². The number of carboxylic acid groups (broad SMARTS) is 1. The molecule has 0 aliphatic carbocycles. The summed E-state index contributed by atoms with van der Waals surface area (Å²) >= 11 is 0. The SMILES string of the molecule is CC1=CN(Cc2cncc(C)c2)C(C(=O)O)C(CO)=C1. The van der Waals surface area contributed by atoms with Crippen molar-refractivity contribution in [3.63, 3.8) is 0 Å². The average Bonchev–Trinajstić information content (AvgIpc) is 2.37. The zero-order valence-electron chi connectivity index (χ0n) is 11.6. The van der Waals surface area contributed by atoms with E-state index in [2.05, 4.69) is 4.98 Å². The van der Waals surface area contributed by atoms with Crippen molar-refractivity contribution < 1.29 is 15.0 Å². The monoisotopic (exact) mass is 274 g/mol. The Morgan fingerprint density at radius 2 is 2.15 bits per heavy atom. The maximum absolute atomic E-state index is 11.5. The Morgan fingerprint density at radius 3 is 2.75 bits per heavy atom. The molecule has 1 aliphatic heterocycles. The van der Waals surface area contributed by atoms with Gasteiger partial charge in [-0.3, -0.25) is 4.98 Å². The van der Waals surface area contributed by atoms with Crippen molar-refractivity contribution in [2.75, 3.05) is 6.61 Å². The molecule has 5 heteroatoms. The third kappa shape index (κ3) is 3.05. The number of aliphatic carboxylic acids is 1. The van der Waals surface area contributed by atoms with Gasteiger partial charge in [0.2, 0.25) is 0 Å². The van der Waals surface area contributed by atoms with Crippen molar-refractivity contribution in [2.45, 2.75) is 26.4 Å². The fourth-order valence-electron chi connectivity index (χ4n) is 2.44. The maximum atomic E-state index is 11.5. The van der Waals surface area contributed by atoms with E-state index in [9.17, 15) is 15.0 Å². The lowest BCUT2D eigenvalue weighted by Gasteiger charge is -2.32. The number of pyridine rings is 1. The lowest BCUT2D eigenvalue weighted by atomic mass is 9.99. The zero-order chi connectivity index (χ0) is 14.7. The Hall–Kier alpha value is -2.14. The van der Waals surface area contributed by atoms with E-state index in [0.29, 0.717) is 12.1 Å². The Kier molecular flexibility index (Phi) is 4.20. The minimum atomic E-state index is -0.963. The summed E-state index contributed by atoms with van der Waals surface area (Å²) in [6.45, 7) is 4.02. The van der Waals surface area contributed by atoms with Gasteiger partial charge in [0.15, 0.2) is 6.04 Å². The predicted octanol–water partition coefficient (Wildman–Crippen LogP) is 1.48. The molecule has 2 heterocycles. The molecule has 0 spiro atoms. The van der Waals surface area contributed by atoms with Gasteiger partial charge in [-0.1, -0.05) is 12.1 Å². The van der Waals surface area contributed by atoms with Gasteiger partial charge in [-0.2, -0.15) is 0 Å². The van der Waals surface area contributed by atoms with Crippen LogP contribution in [0.1, 0.15) is 18.1 Å². The first-order valence-corrected chi connectivity index (χ1v) is 6.40. The average molecular weight is 274 g/mol. The van der Waals surface area contributed by atoms with Gasteiger partial charge in [0, 0.05) is 25.1 Å². The first-order chi connectivity index (χ1) is 9.51. The summed E-state index contributed by atoms with van der Waals surface area (Å²) in [7, 11) is 0. The van der Waals surface area contributed by atoms with Gasteiger partial charge in [0.25, 0.3) is 0 Å². The maximum Gasteiger partial charge on any atom is 0.330 e. The minimum Gasteiger partial charge on any atom is -0.479 e. The molecule has 20 heavy (non-hydrogen) atoms. The van der Waals surface area contributed by atoms with Crippen molar-refractivity contribution in [3.05, 3.63) is 53.0 Å². The number of carbonyl (C=O) groups is 1. The number of aryl methyl sites for hydroxylation is 1. The zero-order valence-corrected chi connectivity index (χ0v) is 11.6. The van der Waals surface area contributed by atoms with Crippen molar-refractivity contribution >= 4 is 5.97 Å². The molecule has 1 unspecified atom stereocenters. The number of rotatable bonds is 4. The smallest absolute Gasteiger partial charge is 0.330 e. The van der Waals surface area contributed by atoms with E-state index in [1.807, 2.05) is 19.9 Å². The number of hydrogen-bond acceptors (Lipinski definition) is 4. The first-order valence-electron chi connectivity index (χ1n) is 6.40. The van der Waals surface area contributed by atoms with Gasteiger partial charge < -0.3 is 15.1 Å². The van der Waals surface area contributed by atoms with Crippen molar-refractivity contribution in [2.24, 2.45) is 0 Å². The number of aromatic nitrogens is 1. The molecule has 0 saturated heterocycles. The molecule has 2 rings (SSSR count). The lowest BCUT2D eigenvalue weighted by Crippen LogP contribution is -2.41. The van der Waals surface area contributed by atoms with Crippen LogP contribution in [0, 0.1) is 6.92 Å². The third-order valence-corrected chi connectivity index (χ3v) is 3.18. The Balaban J connectivity index is 2.29. The second kappa shape index (κ2) is 5.88. The van der Waals surface area contributed by atoms with E-state index in [0.717, 1.165) is 16.7 Å². The van der Waals surface area contributed by atoms with Gasteiger partial charge >= 0.3 is 5.97 Å². The van der Waals surface area contributed by atoms with Gasteiger partial charge in [-0.25, -0.2) is 4.79 Å². The van der Waals surface area contributed by atoms with Gasteiger partial charge in [0.05, 0.1) is 6.61 Å². The van der Waals surface area contributed by atoms with E-state index in [1.54, 1.807) is 29.6 Å². The highest BCUT2D eigenvalue weighted by Crippen LogP contribution is 2.23. The standard InChI is InChI=1S/C15H18N2O3/c1-10-3-12(6-16-5-10)8-17-7-11(2)4-13(9-18)14(17)15(19)20/h3-7,14,18H,8-9H2,1-2H3,(H,19,20). The molecule has 1 aromatic rings. The molecule has 0 bridgehead atoms. The highest BCUT2D eigenvalue weighted by atomic mass is 16.4. The lowest BCUT2D eigenvalue weighted by molar-refractivity contribution is -0.141. The summed E-state index contributed by atoms with van der Waals surface area (Å²) in [6.07, 6.45) is 7.02. The molecule has 0 amide bonds. The van der Waals surface area contributed by atoms with Gasteiger partial charge in [-0.15, -0.1) is 0 Å². The molecule has 2 N–H and O–H groups in total. The summed E-state index contributed by atoms with van der Waals surface area (Å²) in [5.41, 5.74) is 3.40. The quantitative estimate of drug-likeness (QED) is 0.870. The number of hydrogen-bond donors (Lipinski definition) is 2. The Bertz CT molecular complexity index is 578. The van der Waals surface area contributed by atoms with E-state index >= 15 is 0 Å². The van der Waals surface area contributed by atoms with E-state index in [-0.39, 0.29) is 6.61 Å². The van der Waals surface area contributed by atoms with E-state index < -0.39 is 12.0 Å². The fraction of sp³-hybridized carbons (Fsp3) is 0.333. The van der Waals surface area contributed by atoms with E-state index in [4.69, 9.17) is 0 Å². The van der Waals surface area contributed by atoms with Crippen LogP contribution in [-0.2, 0) is 11.3 Å². The van der Waals surface area contributed by atoms with Crippen LogP contribution < -0.4 is 0 Å². The highest BCUT2D eigenvalue weighted by molar-refractivity contribution is 5.78. The van der Waals surface area contributed by atoms with Crippen LogP contribution in [0.15, 0.2) is 41.9 Å². The summed E-state index contributed by atoms with van der Waals surface area (Å²) in [4.78, 5) is 17.3. The van der Waals surface area contributed by atoms with Crippen molar-refractivity contribution in [1.82, 2.24) is 9.88 Å². The molecule has 0 aromatic carbocycles. The van der Waals surface area contributed by atoms with Crippen LogP contribution in [-0.4, -0.2) is 38.7 Å². The third-order valence-electron chi connectivity index (χ3n) is 3.18. The van der Waals surface area contributed by atoms with Crippen LogP contribution in [0.3, 0.4) is 0 Å². The normalized spacial score (nSPS) is 18.6. The second-order valence-corrected chi connectivity index (χ2v) is 5.03. The van der Waals surface area contributed by atoms with Crippen LogP contribution in [0.25, 0.3) is 0 Å². The van der Waals surface area contributed by atoms with Crippen LogP contribution >= 0.6 is 0 Å². The number of aliphatic hydroxyl groups is 1. The second-order valence-electron chi connectivity index (χ2n) is 5.03. The summed E-state index contributed by atoms with van der Waals surface area (Å²) in [5, 5.41) is 18.7. The molecule has 1 aliphatic rings.